The summed E-state index contributed by atoms with van der Waals surface area (Å²) in [5, 5.41) is 3.23. The third-order valence-corrected chi connectivity index (χ3v) is 5.87. The molecule has 1 aromatic carbocycles. The van der Waals surface area contributed by atoms with Crippen LogP contribution in [0.2, 0.25) is 0 Å². The molecule has 0 aromatic heterocycles. The number of amides is 1. The molecule has 1 amide bonds. The maximum atomic E-state index is 13.1. The molecule has 1 spiro atoms. The standard InChI is InChI=1S/C22H29NO4/c1-5-27-19(24)13-18-20(17-12-14(2)6-7-15(17)3)21(25)23-22(18)10-8-16(26-4)9-11-22/h6-7,12,16H,5,8-11,13H2,1-4H3,(H,23,25). The Hall–Kier alpha value is -2.14. The highest BCUT2D eigenvalue weighted by Crippen LogP contribution is 2.45. The Labute approximate surface area is 161 Å². The van der Waals surface area contributed by atoms with Gasteiger partial charge >= 0.3 is 5.97 Å². The van der Waals surface area contributed by atoms with E-state index in [9.17, 15) is 9.59 Å². The van der Waals surface area contributed by atoms with Crippen molar-refractivity contribution in [2.24, 2.45) is 0 Å². The van der Waals surface area contributed by atoms with Crippen LogP contribution >= 0.6 is 0 Å². The van der Waals surface area contributed by atoms with Gasteiger partial charge in [0.25, 0.3) is 5.91 Å². The Bertz CT molecular complexity index is 773. The number of esters is 1. The summed E-state index contributed by atoms with van der Waals surface area (Å²) in [5.74, 6) is -0.362. The van der Waals surface area contributed by atoms with Gasteiger partial charge in [0.15, 0.2) is 0 Å². The number of benzene rings is 1. The Morgan fingerprint density at radius 2 is 1.96 bits per heavy atom. The van der Waals surface area contributed by atoms with Gasteiger partial charge in [-0.2, -0.15) is 0 Å². The molecule has 1 heterocycles. The Morgan fingerprint density at radius 1 is 1.26 bits per heavy atom. The van der Waals surface area contributed by atoms with E-state index >= 15 is 0 Å². The van der Waals surface area contributed by atoms with Crippen LogP contribution in [-0.2, 0) is 19.1 Å². The molecule has 0 atom stereocenters. The predicted molar refractivity (Wildman–Crippen MR) is 104 cm³/mol. The van der Waals surface area contributed by atoms with Crippen LogP contribution in [0.5, 0.6) is 0 Å². The first-order chi connectivity index (χ1) is 12.9. The molecule has 0 unspecified atom stereocenters. The van der Waals surface area contributed by atoms with Crippen molar-refractivity contribution in [2.45, 2.75) is 64.5 Å². The summed E-state index contributed by atoms with van der Waals surface area (Å²) in [7, 11) is 1.73. The molecule has 1 aliphatic heterocycles. The Morgan fingerprint density at radius 3 is 2.59 bits per heavy atom. The zero-order valence-electron chi connectivity index (χ0n) is 16.7. The van der Waals surface area contributed by atoms with Crippen LogP contribution in [0.3, 0.4) is 0 Å². The smallest absolute Gasteiger partial charge is 0.310 e. The minimum Gasteiger partial charge on any atom is -0.466 e. The third kappa shape index (κ3) is 3.79. The minimum absolute atomic E-state index is 0.0844. The average molecular weight is 371 g/mol. The van der Waals surface area contributed by atoms with E-state index in [0.29, 0.717) is 12.2 Å². The van der Waals surface area contributed by atoms with Crippen molar-refractivity contribution >= 4 is 17.4 Å². The summed E-state index contributed by atoms with van der Waals surface area (Å²) in [5.41, 5.74) is 4.11. The van der Waals surface area contributed by atoms with Crippen molar-refractivity contribution < 1.29 is 19.1 Å². The van der Waals surface area contributed by atoms with Gasteiger partial charge in [-0.3, -0.25) is 9.59 Å². The first-order valence-electron chi connectivity index (χ1n) is 9.72. The molecule has 1 fully saturated rings. The summed E-state index contributed by atoms with van der Waals surface area (Å²) in [4.78, 5) is 25.4. The zero-order valence-corrected chi connectivity index (χ0v) is 16.7. The Kier molecular flexibility index (Phi) is 5.70. The fourth-order valence-corrected chi connectivity index (χ4v) is 4.38. The van der Waals surface area contributed by atoms with E-state index in [4.69, 9.17) is 9.47 Å². The second-order valence-corrected chi connectivity index (χ2v) is 7.63. The monoisotopic (exact) mass is 371 g/mol. The second-order valence-electron chi connectivity index (χ2n) is 7.63. The lowest BCUT2D eigenvalue weighted by Gasteiger charge is -2.38. The molecule has 0 bridgehead atoms. The van der Waals surface area contributed by atoms with Crippen LogP contribution in [0, 0.1) is 13.8 Å². The molecule has 146 valence electrons. The van der Waals surface area contributed by atoms with E-state index in [0.717, 1.165) is 47.9 Å². The zero-order chi connectivity index (χ0) is 19.6. The third-order valence-electron chi connectivity index (χ3n) is 5.87. The van der Waals surface area contributed by atoms with Gasteiger partial charge in [0, 0.05) is 12.7 Å². The van der Waals surface area contributed by atoms with Crippen molar-refractivity contribution in [3.05, 3.63) is 40.5 Å². The second kappa shape index (κ2) is 7.85. The molecular weight excluding hydrogens is 342 g/mol. The SMILES string of the molecule is CCOC(=O)CC1=C(c2cc(C)ccc2C)C(=O)NC12CCC(OC)CC2. The van der Waals surface area contributed by atoms with Crippen LogP contribution in [0.1, 0.15) is 55.7 Å². The number of carbonyl (C=O) groups excluding carboxylic acids is 2. The molecule has 5 heteroatoms. The van der Waals surface area contributed by atoms with E-state index in [2.05, 4.69) is 5.32 Å². The van der Waals surface area contributed by atoms with Gasteiger partial charge < -0.3 is 14.8 Å². The summed E-state index contributed by atoms with van der Waals surface area (Å²) in [6.45, 7) is 6.16. The van der Waals surface area contributed by atoms with E-state index < -0.39 is 5.54 Å². The number of aryl methyl sites for hydroxylation is 2. The summed E-state index contributed by atoms with van der Waals surface area (Å²) in [6, 6.07) is 6.10. The number of hydrogen-bond acceptors (Lipinski definition) is 4. The number of rotatable bonds is 5. The van der Waals surface area contributed by atoms with Gasteiger partial charge in [-0.05, 0) is 63.2 Å². The van der Waals surface area contributed by atoms with Crippen LogP contribution in [0.4, 0.5) is 0 Å². The van der Waals surface area contributed by atoms with Crippen LogP contribution in [-0.4, -0.2) is 37.2 Å². The average Bonchev–Trinajstić information content (AvgIpc) is 2.89. The largest absolute Gasteiger partial charge is 0.466 e. The van der Waals surface area contributed by atoms with E-state index in [1.54, 1.807) is 14.0 Å². The van der Waals surface area contributed by atoms with Crippen LogP contribution in [0.25, 0.3) is 5.57 Å². The fourth-order valence-electron chi connectivity index (χ4n) is 4.38. The molecule has 1 N–H and O–H groups in total. The van der Waals surface area contributed by atoms with Crippen LogP contribution in [0.15, 0.2) is 23.8 Å². The van der Waals surface area contributed by atoms with Crippen molar-refractivity contribution in [3.63, 3.8) is 0 Å². The van der Waals surface area contributed by atoms with Crippen molar-refractivity contribution in [1.29, 1.82) is 0 Å². The molecule has 2 aliphatic rings. The van der Waals surface area contributed by atoms with E-state index in [1.165, 1.54) is 0 Å². The molecule has 1 aromatic rings. The lowest BCUT2D eigenvalue weighted by molar-refractivity contribution is -0.142. The molecule has 1 saturated carbocycles. The van der Waals surface area contributed by atoms with Crippen molar-refractivity contribution in [2.75, 3.05) is 13.7 Å². The Balaban J connectivity index is 2.08. The minimum atomic E-state index is -0.468. The fraction of sp³-hybridized carbons (Fsp3) is 0.545. The summed E-state index contributed by atoms with van der Waals surface area (Å²) >= 11 is 0. The topological polar surface area (TPSA) is 64.6 Å². The molecule has 5 nitrogen and oxygen atoms in total. The van der Waals surface area contributed by atoms with Gasteiger partial charge in [0.1, 0.15) is 0 Å². The maximum absolute atomic E-state index is 13.1. The summed E-state index contributed by atoms with van der Waals surface area (Å²) < 4.78 is 10.7. The van der Waals surface area contributed by atoms with Gasteiger partial charge in [-0.15, -0.1) is 0 Å². The number of nitrogens with one attached hydrogen (secondary N) is 1. The van der Waals surface area contributed by atoms with Gasteiger partial charge in [-0.25, -0.2) is 0 Å². The molecule has 0 saturated heterocycles. The predicted octanol–water partition coefficient (Wildman–Crippen LogP) is 3.47. The van der Waals surface area contributed by atoms with Gasteiger partial charge in [-0.1, -0.05) is 23.8 Å². The molecule has 27 heavy (non-hydrogen) atoms. The number of methoxy groups -OCH3 is 1. The highest BCUT2D eigenvalue weighted by Gasteiger charge is 2.48. The number of hydrogen-bond donors (Lipinski definition) is 1. The first kappa shape index (κ1) is 19.6. The molecule has 3 rings (SSSR count). The first-order valence-corrected chi connectivity index (χ1v) is 9.72. The number of carbonyl (C=O) groups is 2. The molecular formula is C22H29NO4. The normalized spacial score (nSPS) is 25.0. The van der Waals surface area contributed by atoms with Gasteiger partial charge in [0.05, 0.1) is 24.7 Å². The number of ether oxygens (including phenoxy) is 2. The lowest BCUT2D eigenvalue weighted by Crippen LogP contribution is -2.48. The molecule has 1 aliphatic carbocycles. The van der Waals surface area contributed by atoms with Crippen molar-refractivity contribution in [1.82, 2.24) is 5.32 Å². The van der Waals surface area contributed by atoms with Gasteiger partial charge in [0.2, 0.25) is 0 Å². The van der Waals surface area contributed by atoms with Crippen LogP contribution < -0.4 is 5.32 Å². The van der Waals surface area contributed by atoms with E-state index in [1.807, 2.05) is 32.0 Å². The highest BCUT2D eigenvalue weighted by atomic mass is 16.5. The molecule has 0 radical (unpaired) electrons. The lowest BCUT2D eigenvalue weighted by atomic mass is 9.74. The van der Waals surface area contributed by atoms with Crippen molar-refractivity contribution in [3.8, 4) is 0 Å². The quantitative estimate of drug-likeness (QED) is 0.805. The summed E-state index contributed by atoms with van der Waals surface area (Å²) in [6.07, 6.45) is 3.64. The maximum Gasteiger partial charge on any atom is 0.310 e. The van der Waals surface area contributed by atoms with E-state index in [-0.39, 0.29) is 24.4 Å². The highest BCUT2D eigenvalue weighted by molar-refractivity contribution is 6.24.